The number of amides is 1. The van der Waals surface area contributed by atoms with Crippen molar-refractivity contribution in [1.29, 1.82) is 0 Å². The first-order chi connectivity index (χ1) is 9.72. The summed E-state index contributed by atoms with van der Waals surface area (Å²) in [6.45, 7) is 2.93. The van der Waals surface area contributed by atoms with Crippen LogP contribution in [0.2, 0.25) is 0 Å². The van der Waals surface area contributed by atoms with Crippen molar-refractivity contribution in [3.05, 3.63) is 5.82 Å². The molecule has 1 fully saturated rings. The van der Waals surface area contributed by atoms with Crippen LogP contribution in [0.4, 0.5) is 0 Å². The van der Waals surface area contributed by atoms with Crippen LogP contribution in [0.15, 0.2) is 5.16 Å². The van der Waals surface area contributed by atoms with Crippen LogP contribution in [0.1, 0.15) is 57.2 Å². The molecule has 1 aliphatic carbocycles. The van der Waals surface area contributed by atoms with Gasteiger partial charge in [0.2, 0.25) is 11.1 Å². The fourth-order valence-electron chi connectivity index (χ4n) is 1.97. The Kier molecular flexibility index (Phi) is 5.70. The van der Waals surface area contributed by atoms with Crippen LogP contribution < -0.4 is 11.2 Å². The molecule has 0 radical (unpaired) electrons. The molecular weight excluding hydrogens is 274 g/mol. The average molecular weight is 297 g/mol. The van der Waals surface area contributed by atoms with Crippen LogP contribution >= 0.6 is 11.8 Å². The molecule has 1 amide bonds. The number of carbonyl (C=O) groups is 1. The summed E-state index contributed by atoms with van der Waals surface area (Å²) in [6, 6.07) is 0. The molecule has 3 N–H and O–H groups in total. The molecular formula is C13H23N5OS. The minimum atomic E-state index is 0.0301. The maximum atomic E-state index is 11.7. The Labute approximate surface area is 123 Å². The summed E-state index contributed by atoms with van der Waals surface area (Å²) in [4.78, 5) is 11.7. The first kappa shape index (κ1) is 15.2. The van der Waals surface area contributed by atoms with Gasteiger partial charge in [-0.3, -0.25) is 4.79 Å². The molecule has 0 spiro atoms. The van der Waals surface area contributed by atoms with Crippen LogP contribution in [0.3, 0.4) is 0 Å². The van der Waals surface area contributed by atoms with Crippen molar-refractivity contribution in [2.45, 2.75) is 56.5 Å². The summed E-state index contributed by atoms with van der Waals surface area (Å²) < 4.78 is 1.52. The number of nitrogens with one attached hydrogen (secondary N) is 1. The molecule has 1 saturated carbocycles. The lowest BCUT2D eigenvalue weighted by Gasteiger charge is -2.05. The van der Waals surface area contributed by atoms with Crippen molar-refractivity contribution in [1.82, 2.24) is 20.2 Å². The second kappa shape index (κ2) is 7.52. The molecule has 6 nitrogen and oxygen atoms in total. The lowest BCUT2D eigenvalue weighted by Crippen LogP contribution is -2.26. The lowest BCUT2D eigenvalue weighted by atomic mass is 10.2. The maximum Gasteiger partial charge on any atom is 0.230 e. The molecule has 1 aromatic rings. The van der Waals surface area contributed by atoms with Crippen molar-refractivity contribution in [3.63, 3.8) is 0 Å². The quantitative estimate of drug-likeness (QED) is 0.411. The highest BCUT2D eigenvalue weighted by atomic mass is 32.2. The first-order valence-electron chi connectivity index (χ1n) is 7.32. The number of nitrogen functional groups attached to an aromatic ring is 1. The van der Waals surface area contributed by atoms with Gasteiger partial charge < -0.3 is 11.2 Å². The van der Waals surface area contributed by atoms with Gasteiger partial charge in [-0.25, -0.2) is 4.68 Å². The van der Waals surface area contributed by atoms with Gasteiger partial charge in [0.05, 0.1) is 5.75 Å². The van der Waals surface area contributed by atoms with Gasteiger partial charge in [0, 0.05) is 12.5 Å². The van der Waals surface area contributed by atoms with E-state index in [0.29, 0.717) is 16.8 Å². The first-order valence-corrected chi connectivity index (χ1v) is 8.30. The van der Waals surface area contributed by atoms with Gasteiger partial charge in [-0.2, -0.15) is 0 Å². The summed E-state index contributed by atoms with van der Waals surface area (Å²) in [5.74, 6) is 7.60. The zero-order valence-corrected chi connectivity index (χ0v) is 12.8. The van der Waals surface area contributed by atoms with Crippen molar-refractivity contribution < 1.29 is 4.79 Å². The third kappa shape index (κ3) is 4.40. The second-order valence-electron chi connectivity index (χ2n) is 5.18. The summed E-state index contributed by atoms with van der Waals surface area (Å²) in [7, 11) is 0. The fourth-order valence-corrected chi connectivity index (χ4v) is 2.66. The maximum absolute atomic E-state index is 11.7. The van der Waals surface area contributed by atoms with Gasteiger partial charge in [-0.15, -0.1) is 10.2 Å². The lowest BCUT2D eigenvalue weighted by molar-refractivity contribution is -0.118. The normalized spacial score (nSPS) is 14.4. The predicted molar refractivity (Wildman–Crippen MR) is 80.0 cm³/mol. The standard InChI is InChI=1S/C13H23N5OS/c1-2-3-4-5-8-15-11(19)9-20-13-17-16-12(18(13)14)10-6-7-10/h10H,2-9,14H2,1H3,(H,15,19). The van der Waals surface area contributed by atoms with E-state index in [1.807, 2.05) is 0 Å². The van der Waals surface area contributed by atoms with E-state index >= 15 is 0 Å². The SMILES string of the molecule is CCCCCCNC(=O)CSc1nnc(C2CC2)n1N. The molecule has 7 heteroatoms. The average Bonchev–Trinajstić information content (AvgIpc) is 3.21. The third-order valence-electron chi connectivity index (χ3n) is 3.32. The van der Waals surface area contributed by atoms with E-state index in [1.54, 1.807) is 0 Å². The number of thioether (sulfide) groups is 1. The smallest absolute Gasteiger partial charge is 0.230 e. The number of hydrogen-bond acceptors (Lipinski definition) is 5. The number of rotatable bonds is 9. The summed E-state index contributed by atoms with van der Waals surface area (Å²) in [5.41, 5.74) is 0. The summed E-state index contributed by atoms with van der Waals surface area (Å²) >= 11 is 1.34. The Morgan fingerprint density at radius 3 is 2.90 bits per heavy atom. The number of nitrogens with two attached hydrogens (primary N) is 1. The molecule has 0 aromatic carbocycles. The molecule has 0 unspecified atom stereocenters. The zero-order chi connectivity index (χ0) is 14.4. The molecule has 0 saturated heterocycles. The largest absolute Gasteiger partial charge is 0.355 e. The van der Waals surface area contributed by atoms with Crippen LogP contribution in [0.5, 0.6) is 0 Å². The second-order valence-corrected chi connectivity index (χ2v) is 6.13. The molecule has 112 valence electrons. The van der Waals surface area contributed by atoms with E-state index in [0.717, 1.165) is 31.6 Å². The number of unbranched alkanes of at least 4 members (excludes halogenated alkanes) is 3. The molecule has 1 aliphatic rings. The number of carbonyl (C=O) groups excluding carboxylic acids is 1. The highest BCUT2D eigenvalue weighted by Gasteiger charge is 2.29. The molecule has 2 rings (SSSR count). The number of nitrogens with zero attached hydrogens (tertiary/aromatic N) is 3. The Morgan fingerprint density at radius 1 is 1.40 bits per heavy atom. The van der Waals surface area contributed by atoms with E-state index in [1.165, 1.54) is 35.7 Å². The Morgan fingerprint density at radius 2 is 2.20 bits per heavy atom. The van der Waals surface area contributed by atoms with E-state index in [9.17, 15) is 4.79 Å². The Hall–Kier alpha value is -1.24. The van der Waals surface area contributed by atoms with Gasteiger partial charge in [0.25, 0.3) is 0 Å². The van der Waals surface area contributed by atoms with Crippen molar-refractivity contribution in [3.8, 4) is 0 Å². The molecule has 0 bridgehead atoms. The summed E-state index contributed by atoms with van der Waals surface area (Å²) in [5, 5.41) is 11.7. The topological polar surface area (TPSA) is 85.8 Å². The van der Waals surface area contributed by atoms with Gasteiger partial charge in [0.15, 0.2) is 5.82 Å². The fraction of sp³-hybridized carbons (Fsp3) is 0.769. The van der Waals surface area contributed by atoms with Gasteiger partial charge >= 0.3 is 0 Å². The highest BCUT2D eigenvalue weighted by Crippen LogP contribution is 2.39. The molecule has 1 heterocycles. The third-order valence-corrected chi connectivity index (χ3v) is 4.26. The zero-order valence-electron chi connectivity index (χ0n) is 12.0. The van der Waals surface area contributed by atoms with Crippen LogP contribution in [-0.2, 0) is 4.79 Å². The number of hydrogen-bond donors (Lipinski definition) is 2. The van der Waals surface area contributed by atoms with E-state index in [2.05, 4.69) is 22.4 Å². The van der Waals surface area contributed by atoms with Crippen molar-refractivity contribution in [2.24, 2.45) is 0 Å². The summed E-state index contributed by atoms with van der Waals surface area (Å²) in [6.07, 6.45) is 6.93. The van der Waals surface area contributed by atoms with E-state index in [-0.39, 0.29) is 5.91 Å². The van der Waals surface area contributed by atoms with Gasteiger partial charge in [0.1, 0.15) is 0 Å². The molecule has 1 aromatic heterocycles. The predicted octanol–water partition coefficient (Wildman–Crippen LogP) is 1.66. The minimum Gasteiger partial charge on any atom is -0.355 e. The van der Waals surface area contributed by atoms with E-state index < -0.39 is 0 Å². The molecule has 0 atom stereocenters. The number of aromatic nitrogens is 3. The molecule has 0 aliphatic heterocycles. The van der Waals surface area contributed by atoms with Crippen LogP contribution in [-0.4, -0.2) is 33.1 Å². The Balaban J connectivity index is 1.65. The monoisotopic (exact) mass is 297 g/mol. The van der Waals surface area contributed by atoms with Crippen molar-refractivity contribution in [2.75, 3.05) is 18.1 Å². The van der Waals surface area contributed by atoms with Crippen LogP contribution in [0.25, 0.3) is 0 Å². The minimum absolute atomic E-state index is 0.0301. The van der Waals surface area contributed by atoms with E-state index in [4.69, 9.17) is 5.84 Å². The van der Waals surface area contributed by atoms with Gasteiger partial charge in [-0.1, -0.05) is 37.9 Å². The Bertz CT molecular complexity index is 444. The van der Waals surface area contributed by atoms with Crippen molar-refractivity contribution >= 4 is 17.7 Å². The van der Waals surface area contributed by atoms with Crippen LogP contribution in [0, 0.1) is 0 Å². The molecule has 20 heavy (non-hydrogen) atoms. The van der Waals surface area contributed by atoms with Gasteiger partial charge in [-0.05, 0) is 19.3 Å². The highest BCUT2D eigenvalue weighted by molar-refractivity contribution is 7.99.